The third kappa shape index (κ3) is 5.02. The number of thioether (sulfide) groups is 1. The smallest absolute Gasteiger partial charge is 0.230 e. The van der Waals surface area contributed by atoms with E-state index >= 15 is 0 Å². The van der Waals surface area contributed by atoms with Gasteiger partial charge in [0, 0.05) is 18.0 Å². The lowest BCUT2D eigenvalue weighted by Crippen LogP contribution is -2.26. The molecule has 1 heterocycles. The minimum Gasteiger partial charge on any atom is -0.494 e. The number of para-hydroxylation sites is 2. The third-order valence-corrected chi connectivity index (χ3v) is 4.94. The standard InChI is InChI=1S/C20H23N3O2S/c1-2-25-16-8-10-17(11-9-16)26-14-20(24)21-12-5-13-23-15-22-18-6-3-4-7-19(18)23/h3-4,6-11,15H,2,5,12-14H2,1H3,(H,21,24). The Kier molecular flexibility index (Phi) is 6.55. The van der Waals surface area contributed by atoms with E-state index in [2.05, 4.69) is 20.9 Å². The number of aryl methyl sites for hydroxylation is 1. The number of amides is 1. The zero-order chi connectivity index (χ0) is 18.2. The van der Waals surface area contributed by atoms with E-state index in [0.29, 0.717) is 18.9 Å². The van der Waals surface area contributed by atoms with Crippen LogP contribution in [-0.4, -0.2) is 34.4 Å². The molecule has 26 heavy (non-hydrogen) atoms. The molecule has 0 saturated carbocycles. The zero-order valence-corrected chi connectivity index (χ0v) is 15.7. The van der Waals surface area contributed by atoms with Gasteiger partial charge in [0.05, 0.1) is 29.7 Å². The zero-order valence-electron chi connectivity index (χ0n) is 14.9. The van der Waals surface area contributed by atoms with Gasteiger partial charge in [0.15, 0.2) is 0 Å². The van der Waals surface area contributed by atoms with Gasteiger partial charge in [-0.3, -0.25) is 4.79 Å². The Morgan fingerprint density at radius 3 is 2.81 bits per heavy atom. The van der Waals surface area contributed by atoms with Gasteiger partial charge in [0.25, 0.3) is 0 Å². The number of rotatable bonds is 9. The first-order valence-corrected chi connectivity index (χ1v) is 9.77. The highest BCUT2D eigenvalue weighted by atomic mass is 32.2. The van der Waals surface area contributed by atoms with Crippen LogP contribution < -0.4 is 10.1 Å². The molecule has 6 heteroatoms. The highest BCUT2D eigenvalue weighted by Gasteiger charge is 2.04. The van der Waals surface area contributed by atoms with Crippen LogP contribution in [0, 0.1) is 0 Å². The minimum absolute atomic E-state index is 0.0550. The summed E-state index contributed by atoms with van der Waals surface area (Å²) in [6.45, 7) is 4.12. The Morgan fingerprint density at radius 2 is 2.00 bits per heavy atom. The fourth-order valence-corrected chi connectivity index (χ4v) is 3.39. The Bertz CT molecular complexity index is 846. The second-order valence-corrected chi connectivity index (χ2v) is 6.87. The van der Waals surface area contributed by atoms with Crippen molar-refractivity contribution in [1.82, 2.24) is 14.9 Å². The number of nitrogens with one attached hydrogen (secondary N) is 1. The number of aromatic nitrogens is 2. The molecule has 2 aromatic carbocycles. The second-order valence-electron chi connectivity index (χ2n) is 5.82. The largest absolute Gasteiger partial charge is 0.494 e. The molecule has 0 aliphatic heterocycles. The molecule has 1 N–H and O–H groups in total. The van der Waals surface area contributed by atoms with Crippen LogP contribution >= 0.6 is 11.8 Å². The molecule has 5 nitrogen and oxygen atoms in total. The maximum atomic E-state index is 12.0. The molecule has 0 unspecified atom stereocenters. The number of carbonyl (C=O) groups is 1. The summed E-state index contributed by atoms with van der Waals surface area (Å²) >= 11 is 1.53. The van der Waals surface area contributed by atoms with Gasteiger partial charge < -0.3 is 14.6 Å². The van der Waals surface area contributed by atoms with Gasteiger partial charge in [-0.15, -0.1) is 11.8 Å². The van der Waals surface area contributed by atoms with Crippen LogP contribution in [0.15, 0.2) is 59.8 Å². The quantitative estimate of drug-likeness (QED) is 0.461. The van der Waals surface area contributed by atoms with Crippen molar-refractivity contribution in [3.05, 3.63) is 54.9 Å². The summed E-state index contributed by atoms with van der Waals surface area (Å²) in [4.78, 5) is 17.4. The average Bonchev–Trinajstić information content (AvgIpc) is 3.08. The first-order valence-electron chi connectivity index (χ1n) is 8.78. The third-order valence-electron chi connectivity index (χ3n) is 3.93. The van der Waals surface area contributed by atoms with Crippen molar-refractivity contribution in [1.29, 1.82) is 0 Å². The summed E-state index contributed by atoms with van der Waals surface area (Å²) < 4.78 is 7.54. The summed E-state index contributed by atoms with van der Waals surface area (Å²) in [5, 5.41) is 2.98. The molecule has 1 amide bonds. The van der Waals surface area contributed by atoms with Crippen LogP contribution in [0.1, 0.15) is 13.3 Å². The predicted octanol–water partition coefficient (Wildman–Crippen LogP) is 3.73. The molecular formula is C20H23N3O2S. The van der Waals surface area contributed by atoms with E-state index in [1.807, 2.05) is 55.7 Å². The SMILES string of the molecule is CCOc1ccc(SCC(=O)NCCCn2cnc3ccccc32)cc1. The summed E-state index contributed by atoms with van der Waals surface area (Å²) in [7, 11) is 0. The fourth-order valence-electron chi connectivity index (χ4n) is 2.66. The van der Waals surface area contributed by atoms with Gasteiger partial charge in [-0.25, -0.2) is 4.98 Å². The van der Waals surface area contributed by atoms with Gasteiger partial charge in [-0.2, -0.15) is 0 Å². The Labute approximate surface area is 157 Å². The lowest BCUT2D eigenvalue weighted by atomic mass is 10.3. The number of benzene rings is 2. The number of hydrogen-bond donors (Lipinski definition) is 1. The summed E-state index contributed by atoms with van der Waals surface area (Å²) in [6, 6.07) is 15.9. The van der Waals surface area contributed by atoms with Crippen molar-refractivity contribution < 1.29 is 9.53 Å². The summed E-state index contributed by atoms with van der Waals surface area (Å²) in [5.74, 6) is 1.33. The van der Waals surface area contributed by atoms with Gasteiger partial charge in [-0.1, -0.05) is 12.1 Å². The van der Waals surface area contributed by atoms with Gasteiger partial charge in [-0.05, 0) is 49.7 Å². The van der Waals surface area contributed by atoms with E-state index in [-0.39, 0.29) is 5.91 Å². The monoisotopic (exact) mass is 369 g/mol. The molecule has 0 radical (unpaired) electrons. The van der Waals surface area contributed by atoms with Crippen molar-refractivity contribution in [3.8, 4) is 5.75 Å². The van der Waals surface area contributed by atoms with Crippen LogP contribution in [-0.2, 0) is 11.3 Å². The molecule has 0 fully saturated rings. The first-order chi connectivity index (χ1) is 12.8. The summed E-state index contributed by atoms with van der Waals surface area (Å²) in [5.41, 5.74) is 2.13. The Morgan fingerprint density at radius 1 is 1.19 bits per heavy atom. The lowest BCUT2D eigenvalue weighted by Gasteiger charge is -2.07. The normalized spacial score (nSPS) is 10.8. The molecule has 0 saturated heterocycles. The minimum atomic E-state index is 0.0550. The van der Waals surface area contributed by atoms with E-state index in [9.17, 15) is 4.79 Å². The van der Waals surface area contributed by atoms with Crippen LogP contribution in [0.4, 0.5) is 0 Å². The van der Waals surface area contributed by atoms with E-state index in [1.165, 1.54) is 11.8 Å². The van der Waals surface area contributed by atoms with Crippen molar-refractivity contribution in [2.45, 2.75) is 24.8 Å². The lowest BCUT2D eigenvalue weighted by molar-refractivity contribution is -0.118. The molecule has 0 bridgehead atoms. The molecule has 0 aliphatic carbocycles. The second kappa shape index (κ2) is 9.29. The molecule has 0 spiro atoms. The molecular weight excluding hydrogens is 346 g/mol. The van der Waals surface area contributed by atoms with Crippen molar-refractivity contribution >= 4 is 28.7 Å². The molecule has 3 rings (SSSR count). The first kappa shape index (κ1) is 18.3. The van der Waals surface area contributed by atoms with E-state index in [1.54, 1.807) is 0 Å². The van der Waals surface area contributed by atoms with Crippen LogP contribution in [0.25, 0.3) is 11.0 Å². The van der Waals surface area contributed by atoms with Crippen molar-refractivity contribution in [2.24, 2.45) is 0 Å². The van der Waals surface area contributed by atoms with Gasteiger partial charge in [0.1, 0.15) is 5.75 Å². The van der Waals surface area contributed by atoms with Crippen LogP contribution in [0.3, 0.4) is 0 Å². The maximum Gasteiger partial charge on any atom is 0.230 e. The summed E-state index contributed by atoms with van der Waals surface area (Å²) in [6.07, 6.45) is 2.73. The van der Waals surface area contributed by atoms with E-state index in [0.717, 1.165) is 34.6 Å². The number of hydrogen-bond acceptors (Lipinski definition) is 4. The van der Waals surface area contributed by atoms with Crippen molar-refractivity contribution in [3.63, 3.8) is 0 Å². The number of ether oxygens (including phenoxy) is 1. The van der Waals surface area contributed by atoms with Crippen LogP contribution in [0.2, 0.25) is 0 Å². The highest BCUT2D eigenvalue weighted by molar-refractivity contribution is 8.00. The number of imidazole rings is 1. The van der Waals surface area contributed by atoms with Gasteiger partial charge in [0.2, 0.25) is 5.91 Å². The molecule has 3 aromatic rings. The van der Waals surface area contributed by atoms with Crippen molar-refractivity contribution in [2.75, 3.05) is 18.9 Å². The topological polar surface area (TPSA) is 56.1 Å². The average molecular weight is 369 g/mol. The molecule has 1 aromatic heterocycles. The highest BCUT2D eigenvalue weighted by Crippen LogP contribution is 2.21. The molecule has 0 atom stereocenters. The maximum absolute atomic E-state index is 12.0. The number of nitrogens with zero attached hydrogens (tertiary/aromatic N) is 2. The van der Waals surface area contributed by atoms with Gasteiger partial charge >= 0.3 is 0 Å². The Balaban J connectivity index is 1.36. The molecule has 136 valence electrons. The number of carbonyl (C=O) groups excluding carboxylic acids is 1. The number of fused-ring (bicyclic) bond motifs is 1. The van der Waals surface area contributed by atoms with E-state index in [4.69, 9.17) is 4.74 Å². The predicted molar refractivity (Wildman–Crippen MR) is 106 cm³/mol. The van der Waals surface area contributed by atoms with Crippen LogP contribution in [0.5, 0.6) is 5.75 Å². The Hall–Kier alpha value is -2.47. The van der Waals surface area contributed by atoms with E-state index < -0.39 is 0 Å². The molecule has 0 aliphatic rings. The fraction of sp³-hybridized carbons (Fsp3) is 0.300.